The molecule has 57 heavy (non-hydrogen) atoms. The predicted molar refractivity (Wildman–Crippen MR) is 207 cm³/mol. The number of amides is 4. The quantitative estimate of drug-likeness (QED) is 0.0966. The van der Waals surface area contributed by atoms with Gasteiger partial charge in [-0.2, -0.15) is 0 Å². The zero-order chi connectivity index (χ0) is 41.6. The molecule has 2 aliphatic rings. The first-order valence-corrected chi connectivity index (χ1v) is 20.1. The lowest BCUT2D eigenvalue weighted by atomic mass is 9.85. The summed E-state index contributed by atoms with van der Waals surface area (Å²) in [5.41, 5.74) is 1.36. The number of carbonyl (C=O) groups is 5. The number of aliphatic hydroxyl groups is 1. The van der Waals surface area contributed by atoms with Gasteiger partial charge in [0, 0.05) is 19.5 Å². The highest BCUT2D eigenvalue weighted by atomic mass is 32.1. The molecule has 1 aliphatic carbocycles. The molecule has 4 rings (SSSR count). The summed E-state index contributed by atoms with van der Waals surface area (Å²) in [5.74, 6) is -3.33. The van der Waals surface area contributed by atoms with Gasteiger partial charge >= 0.3 is 5.97 Å². The van der Waals surface area contributed by atoms with Gasteiger partial charge in [0.15, 0.2) is 5.67 Å². The zero-order valence-electron chi connectivity index (χ0n) is 33.1. The van der Waals surface area contributed by atoms with E-state index in [2.05, 4.69) is 20.9 Å². The molecule has 1 aromatic heterocycles. The van der Waals surface area contributed by atoms with Gasteiger partial charge in [0.05, 0.1) is 93.9 Å². The summed E-state index contributed by atoms with van der Waals surface area (Å²) in [6, 6.07) is 4.34. The van der Waals surface area contributed by atoms with Crippen LogP contribution in [0.25, 0.3) is 10.4 Å². The number of hydrogen-bond acceptors (Lipinski definition) is 12. The third-order valence-corrected chi connectivity index (χ3v) is 10.5. The fourth-order valence-corrected chi connectivity index (χ4v) is 6.94. The molecule has 1 saturated heterocycles. The van der Waals surface area contributed by atoms with E-state index in [0.717, 1.165) is 16.1 Å². The average Bonchev–Trinajstić information content (AvgIpc) is 3.56. The van der Waals surface area contributed by atoms with Crippen LogP contribution in [0.5, 0.6) is 0 Å². The number of likely N-dealkylation sites (tertiary alicyclic amines) is 1. The van der Waals surface area contributed by atoms with Gasteiger partial charge in [-0.15, -0.1) is 11.3 Å². The molecular weight excluding hydrogens is 766 g/mol. The lowest BCUT2D eigenvalue weighted by molar-refractivity contribution is -0.145. The van der Waals surface area contributed by atoms with Crippen molar-refractivity contribution in [3.63, 3.8) is 0 Å². The van der Waals surface area contributed by atoms with Crippen LogP contribution < -0.4 is 16.0 Å². The van der Waals surface area contributed by atoms with E-state index in [1.807, 2.05) is 31.2 Å². The predicted octanol–water partition coefficient (Wildman–Crippen LogP) is 2.32. The molecule has 4 atom stereocenters. The van der Waals surface area contributed by atoms with E-state index in [1.54, 1.807) is 26.3 Å². The number of benzene rings is 1. The monoisotopic (exact) mass is 821 g/mol. The molecule has 0 bridgehead atoms. The van der Waals surface area contributed by atoms with Crippen LogP contribution in [0, 0.1) is 12.3 Å². The Labute approximate surface area is 336 Å². The zero-order valence-corrected chi connectivity index (χ0v) is 33.9. The lowest BCUT2D eigenvalue weighted by Gasteiger charge is -2.36. The van der Waals surface area contributed by atoms with Crippen LogP contribution in [0.3, 0.4) is 0 Å². The van der Waals surface area contributed by atoms with Crippen molar-refractivity contribution in [3.05, 3.63) is 41.0 Å². The van der Waals surface area contributed by atoms with Crippen molar-refractivity contribution in [2.24, 2.45) is 5.41 Å². The fraction of sp³-hybridized carbons (Fsp3) is 0.641. The number of rotatable bonds is 24. The van der Waals surface area contributed by atoms with Crippen LogP contribution >= 0.6 is 11.3 Å². The van der Waals surface area contributed by atoms with Crippen molar-refractivity contribution in [2.45, 2.75) is 89.7 Å². The Hall–Kier alpha value is -4.07. The minimum atomic E-state index is -2.01. The summed E-state index contributed by atoms with van der Waals surface area (Å²) in [7, 11) is 0. The molecule has 1 saturated carbocycles. The van der Waals surface area contributed by atoms with Gasteiger partial charge in [-0.25, -0.2) is 9.37 Å². The third kappa shape index (κ3) is 14.4. The number of aromatic nitrogens is 1. The molecule has 16 nitrogen and oxygen atoms in total. The number of thiazole rings is 1. The van der Waals surface area contributed by atoms with E-state index in [0.29, 0.717) is 38.6 Å². The number of aliphatic carboxylic acids is 1. The first kappa shape index (κ1) is 45.6. The Morgan fingerprint density at radius 1 is 0.947 bits per heavy atom. The molecule has 0 radical (unpaired) electrons. The number of carboxylic acids is 1. The lowest BCUT2D eigenvalue weighted by Crippen LogP contribution is -2.59. The first-order chi connectivity index (χ1) is 27.1. The summed E-state index contributed by atoms with van der Waals surface area (Å²) in [4.78, 5) is 70.8. The number of nitrogens with zero attached hydrogens (tertiary/aromatic N) is 2. The highest BCUT2D eigenvalue weighted by molar-refractivity contribution is 7.13. The number of nitrogens with one attached hydrogen (secondary N) is 3. The second-order valence-corrected chi connectivity index (χ2v) is 16.1. The van der Waals surface area contributed by atoms with E-state index >= 15 is 0 Å². The maximum absolute atomic E-state index is 14.6. The molecule has 1 aromatic carbocycles. The standard InChI is InChI=1S/C39H56FN5O11S/c1-25-33(57-24-42-25)27-7-5-26(6-8-27)29(22-31(47)41-12-14-54-16-18-56-20-19-55-17-15-53-13-9-32(48)49)43-35(50)30-21-28(46)23-45(30)36(51)34(38(2,3)4)44-37(52)39(40)10-11-39/h5-8,24,28-30,34,46H,9-23H2,1-4H3,(H,41,47)(H,43,50)(H,44,52)(H,48,49)/t28-,29+,30+,34-/m1/s1. The topological polar surface area (TPSA) is 215 Å². The third-order valence-electron chi connectivity index (χ3n) is 9.52. The van der Waals surface area contributed by atoms with Crippen molar-refractivity contribution in [3.8, 4) is 10.4 Å². The van der Waals surface area contributed by atoms with Gasteiger partial charge in [-0.1, -0.05) is 45.0 Å². The second kappa shape index (κ2) is 21.6. The molecule has 316 valence electrons. The highest BCUT2D eigenvalue weighted by Crippen LogP contribution is 2.40. The van der Waals surface area contributed by atoms with E-state index in [-0.39, 0.29) is 70.9 Å². The van der Waals surface area contributed by atoms with Crippen molar-refractivity contribution < 1.29 is 57.5 Å². The molecule has 18 heteroatoms. The maximum Gasteiger partial charge on any atom is 0.305 e. The molecule has 4 amide bonds. The Morgan fingerprint density at radius 2 is 1.54 bits per heavy atom. The van der Waals surface area contributed by atoms with Gasteiger partial charge < -0.3 is 50.0 Å². The summed E-state index contributed by atoms with van der Waals surface area (Å²) < 4.78 is 36.1. The number of aliphatic hydroxyl groups excluding tert-OH is 1. The Balaban J connectivity index is 1.31. The van der Waals surface area contributed by atoms with Crippen LogP contribution in [-0.4, -0.2) is 139 Å². The number of ether oxygens (including phenoxy) is 4. The number of alkyl halides is 1. The number of carboxylic acid groups (broad SMARTS) is 1. The maximum atomic E-state index is 14.6. The summed E-state index contributed by atoms with van der Waals surface area (Å²) >= 11 is 1.50. The number of hydrogen-bond donors (Lipinski definition) is 5. The van der Waals surface area contributed by atoms with Crippen molar-refractivity contribution in [1.82, 2.24) is 25.8 Å². The number of β-amino-alcohol motifs (C(OH)–C–C–N with tert-alkyl or cyclic N) is 1. The van der Waals surface area contributed by atoms with E-state index in [4.69, 9.17) is 24.1 Å². The minimum absolute atomic E-state index is 0.0560. The van der Waals surface area contributed by atoms with Crippen LogP contribution in [0.4, 0.5) is 4.39 Å². The molecule has 2 fully saturated rings. The highest BCUT2D eigenvalue weighted by Gasteiger charge is 2.53. The van der Waals surface area contributed by atoms with Crippen molar-refractivity contribution in [2.75, 3.05) is 65.9 Å². The summed E-state index contributed by atoms with van der Waals surface area (Å²) in [6.07, 6.45) is -1.11. The smallest absolute Gasteiger partial charge is 0.305 e. The molecule has 0 unspecified atom stereocenters. The summed E-state index contributed by atoms with van der Waals surface area (Å²) in [6.45, 7) is 9.39. The van der Waals surface area contributed by atoms with E-state index in [1.165, 1.54) is 16.2 Å². The molecule has 2 heterocycles. The molecule has 1 aliphatic heterocycles. The van der Waals surface area contributed by atoms with Gasteiger partial charge in [0.1, 0.15) is 12.1 Å². The number of carbonyl (C=O) groups excluding carboxylic acids is 4. The number of halogens is 1. The minimum Gasteiger partial charge on any atom is -0.481 e. The van der Waals surface area contributed by atoms with Crippen LogP contribution in [0.2, 0.25) is 0 Å². The Bertz CT molecular complexity index is 1650. The molecule has 5 N–H and O–H groups in total. The van der Waals surface area contributed by atoms with Crippen molar-refractivity contribution in [1.29, 1.82) is 0 Å². The van der Waals surface area contributed by atoms with Crippen LogP contribution in [0.15, 0.2) is 29.8 Å². The second-order valence-electron chi connectivity index (χ2n) is 15.2. The van der Waals surface area contributed by atoms with Crippen LogP contribution in [0.1, 0.15) is 70.2 Å². The van der Waals surface area contributed by atoms with E-state index in [9.17, 15) is 33.5 Å². The van der Waals surface area contributed by atoms with Crippen molar-refractivity contribution >= 4 is 40.9 Å². The Morgan fingerprint density at radius 3 is 2.09 bits per heavy atom. The SMILES string of the molecule is Cc1ncsc1-c1ccc([C@H](CC(=O)NCCOCCOCCOCCOCCC(=O)O)NC(=O)[C@@H]2C[C@@H](O)CN2C(=O)[C@@H](NC(=O)C2(F)CC2)C(C)(C)C)cc1. The average molecular weight is 822 g/mol. The van der Waals surface area contributed by atoms with Gasteiger partial charge in [0.25, 0.3) is 5.91 Å². The number of aryl methyl sites for hydroxylation is 1. The molecule has 2 aromatic rings. The first-order valence-electron chi connectivity index (χ1n) is 19.2. The normalized spacial score (nSPS) is 18.5. The summed E-state index contributed by atoms with van der Waals surface area (Å²) in [5, 5.41) is 27.5. The molecule has 0 spiro atoms. The fourth-order valence-electron chi connectivity index (χ4n) is 6.13. The van der Waals surface area contributed by atoms with E-state index < -0.39 is 59.0 Å². The van der Waals surface area contributed by atoms with Crippen LogP contribution in [-0.2, 0) is 42.9 Å². The van der Waals surface area contributed by atoms with Gasteiger partial charge in [-0.3, -0.25) is 24.0 Å². The van der Waals surface area contributed by atoms with Gasteiger partial charge in [0.2, 0.25) is 17.7 Å². The Kier molecular flexibility index (Phi) is 17.3. The molecular formula is C39H56FN5O11S. The largest absolute Gasteiger partial charge is 0.481 e. The van der Waals surface area contributed by atoms with Gasteiger partial charge in [-0.05, 0) is 36.3 Å².